The van der Waals surface area contributed by atoms with Crippen molar-refractivity contribution in [3.8, 4) is 0 Å². The molecule has 0 heterocycles. The van der Waals surface area contributed by atoms with Gasteiger partial charge in [0, 0.05) is 52.4 Å². The molecule has 0 saturated heterocycles. The Hall–Kier alpha value is -0.980. The summed E-state index contributed by atoms with van der Waals surface area (Å²) in [6, 6.07) is 10.6. The van der Waals surface area contributed by atoms with Gasteiger partial charge in [0.05, 0.1) is 0 Å². The van der Waals surface area contributed by atoms with Crippen molar-refractivity contribution in [1.29, 1.82) is 0 Å². The first-order valence-electron chi connectivity index (χ1n) is 8.00. The standard InChI is InChI=1S/C16H31N5/c17-7-9-19-11-13-21-15-14-20-12-10-18-8-6-16-4-2-1-3-5-16/h1-5,18-21H,6-15,17H2. The predicted molar refractivity (Wildman–Crippen MR) is 90.7 cm³/mol. The lowest BCUT2D eigenvalue weighted by Crippen LogP contribution is -2.36. The highest BCUT2D eigenvalue weighted by Crippen LogP contribution is 1.97. The van der Waals surface area contributed by atoms with Crippen molar-refractivity contribution in [3.63, 3.8) is 0 Å². The molecule has 1 aromatic carbocycles. The smallest absolute Gasteiger partial charge is 0.00772 e. The summed E-state index contributed by atoms with van der Waals surface area (Å²) in [7, 11) is 0. The average molecular weight is 293 g/mol. The number of nitrogens with one attached hydrogen (secondary N) is 4. The van der Waals surface area contributed by atoms with E-state index in [0.29, 0.717) is 6.54 Å². The van der Waals surface area contributed by atoms with Gasteiger partial charge >= 0.3 is 0 Å². The average Bonchev–Trinajstić information content (AvgIpc) is 2.53. The number of benzene rings is 1. The summed E-state index contributed by atoms with van der Waals surface area (Å²) in [5.41, 5.74) is 6.79. The highest BCUT2D eigenvalue weighted by Gasteiger charge is 1.92. The van der Waals surface area contributed by atoms with Gasteiger partial charge in [0.15, 0.2) is 0 Å². The van der Waals surface area contributed by atoms with Crippen molar-refractivity contribution < 1.29 is 0 Å². The van der Waals surface area contributed by atoms with Gasteiger partial charge in [-0.25, -0.2) is 0 Å². The lowest BCUT2D eigenvalue weighted by atomic mass is 10.1. The third kappa shape index (κ3) is 11.4. The van der Waals surface area contributed by atoms with Crippen LogP contribution in [0.4, 0.5) is 0 Å². The van der Waals surface area contributed by atoms with Gasteiger partial charge in [-0.3, -0.25) is 0 Å². The summed E-state index contributed by atoms with van der Waals surface area (Å²) in [5.74, 6) is 0. The van der Waals surface area contributed by atoms with Crippen LogP contribution in [0, 0.1) is 0 Å². The fourth-order valence-corrected chi connectivity index (χ4v) is 2.01. The molecule has 21 heavy (non-hydrogen) atoms. The molecule has 0 spiro atoms. The van der Waals surface area contributed by atoms with E-state index in [2.05, 4.69) is 51.6 Å². The third-order valence-electron chi connectivity index (χ3n) is 3.19. The van der Waals surface area contributed by atoms with E-state index in [1.165, 1.54) is 5.56 Å². The molecule has 5 nitrogen and oxygen atoms in total. The number of hydrogen-bond donors (Lipinski definition) is 5. The molecule has 0 atom stereocenters. The number of hydrogen-bond acceptors (Lipinski definition) is 5. The Labute approximate surface area is 129 Å². The Morgan fingerprint density at radius 1 is 0.619 bits per heavy atom. The van der Waals surface area contributed by atoms with E-state index < -0.39 is 0 Å². The van der Waals surface area contributed by atoms with Gasteiger partial charge in [-0.1, -0.05) is 30.3 Å². The monoisotopic (exact) mass is 293 g/mol. The largest absolute Gasteiger partial charge is 0.329 e. The highest BCUT2D eigenvalue weighted by molar-refractivity contribution is 5.14. The summed E-state index contributed by atoms with van der Waals surface area (Å²) in [4.78, 5) is 0. The van der Waals surface area contributed by atoms with E-state index >= 15 is 0 Å². The lowest BCUT2D eigenvalue weighted by Gasteiger charge is -2.08. The summed E-state index contributed by atoms with van der Waals surface area (Å²) in [6.45, 7) is 8.68. The number of nitrogens with two attached hydrogens (primary N) is 1. The van der Waals surface area contributed by atoms with Crippen LogP contribution in [0.15, 0.2) is 30.3 Å². The van der Waals surface area contributed by atoms with Crippen molar-refractivity contribution >= 4 is 0 Å². The second-order valence-electron chi connectivity index (χ2n) is 5.02. The molecule has 0 aliphatic carbocycles. The fraction of sp³-hybridized carbons (Fsp3) is 0.625. The predicted octanol–water partition coefficient (Wildman–Crippen LogP) is -0.454. The van der Waals surface area contributed by atoms with E-state index in [1.54, 1.807) is 0 Å². The van der Waals surface area contributed by atoms with Gasteiger partial charge in [0.1, 0.15) is 0 Å². The van der Waals surface area contributed by atoms with Crippen molar-refractivity contribution in [2.75, 3.05) is 58.9 Å². The van der Waals surface area contributed by atoms with Gasteiger partial charge in [0.2, 0.25) is 0 Å². The van der Waals surface area contributed by atoms with Crippen LogP contribution in [0.5, 0.6) is 0 Å². The Bertz CT molecular complexity index is 318. The van der Waals surface area contributed by atoms with Gasteiger partial charge in [-0.15, -0.1) is 0 Å². The van der Waals surface area contributed by atoms with E-state index in [9.17, 15) is 0 Å². The molecule has 120 valence electrons. The molecule has 5 heteroatoms. The first-order valence-corrected chi connectivity index (χ1v) is 8.00. The van der Waals surface area contributed by atoms with Gasteiger partial charge in [0.25, 0.3) is 0 Å². The normalized spacial score (nSPS) is 10.9. The van der Waals surface area contributed by atoms with Crippen molar-refractivity contribution in [2.24, 2.45) is 5.73 Å². The van der Waals surface area contributed by atoms with Crippen LogP contribution in [0.25, 0.3) is 0 Å². The molecular weight excluding hydrogens is 262 g/mol. The SMILES string of the molecule is NCCNCCNCCNCCNCCc1ccccc1. The Morgan fingerprint density at radius 2 is 1.10 bits per heavy atom. The van der Waals surface area contributed by atoms with Crippen LogP contribution < -0.4 is 27.0 Å². The maximum Gasteiger partial charge on any atom is 0.00772 e. The van der Waals surface area contributed by atoms with Crippen LogP contribution in [0.2, 0.25) is 0 Å². The van der Waals surface area contributed by atoms with E-state index in [4.69, 9.17) is 5.73 Å². The van der Waals surface area contributed by atoms with Gasteiger partial charge in [-0.2, -0.15) is 0 Å². The molecular formula is C16H31N5. The zero-order chi connectivity index (χ0) is 15.0. The fourth-order valence-electron chi connectivity index (χ4n) is 2.01. The Balaban J connectivity index is 1.75. The first kappa shape index (κ1) is 18.1. The van der Waals surface area contributed by atoms with E-state index in [1.807, 2.05) is 0 Å². The molecule has 6 N–H and O–H groups in total. The zero-order valence-electron chi connectivity index (χ0n) is 13.0. The quantitative estimate of drug-likeness (QED) is 0.300. The van der Waals surface area contributed by atoms with Crippen molar-refractivity contribution in [1.82, 2.24) is 21.3 Å². The van der Waals surface area contributed by atoms with Crippen LogP contribution in [-0.4, -0.2) is 58.9 Å². The molecule has 0 aliphatic heterocycles. The zero-order valence-corrected chi connectivity index (χ0v) is 13.0. The van der Waals surface area contributed by atoms with Gasteiger partial charge < -0.3 is 27.0 Å². The van der Waals surface area contributed by atoms with Gasteiger partial charge in [-0.05, 0) is 18.5 Å². The molecule has 0 fully saturated rings. The first-order chi connectivity index (χ1) is 10.4. The molecule has 0 unspecified atom stereocenters. The minimum absolute atomic E-state index is 0.707. The molecule has 0 radical (unpaired) electrons. The second-order valence-corrected chi connectivity index (χ2v) is 5.02. The van der Waals surface area contributed by atoms with Crippen LogP contribution in [-0.2, 0) is 6.42 Å². The molecule has 0 aromatic heterocycles. The topological polar surface area (TPSA) is 74.1 Å². The molecule has 1 rings (SSSR count). The lowest BCUT2D eigenvalue weighted by molar-refractivity contribution is 0.568. The summed E-state index contributed by atoms with van der Waals surface area (Å²) in [5, 5.41) is 13.5. The Kier molecular flexibility index (Phi) is 12.0. The molecule has 0 saturated carbocycles. The maximum absolute atomic E-state index is 5.39. The summed E-state index contributed by atoms with van der Waals surface area (Å²) in [6.07, 6.45) is 1.10. The van der Waals surface area contributed by atoms with Crippen LogP contribution in [0.3, 0.4) is 0 Å². The molecule has 1 aromatic rings. The number of rotatable bonds is 14. The highest BCUT2D eigenvalue weighted by atomic mass is 15.0. The van der Waals surface area contributed by atoms with Crippen molar-refractivity contribution in [2.45, 2.75) is 6.42 Å². The molecule has 0 aliphatic rings. The minimum atomic E-state index is 0.707. The Morgan fingerprint density at radius 3 is 1.62 bits per heavy atom. The van der Waals surface area contributed by atoms with E-state index in [-0.39, 0.29) is 0 Å². The molecule has 0 amide bonds. The minimum Gasteiger partial charge on any atom is -0.329 e. The molecule has 0 bridgehead atoms. The van der Waals surface area contributed by atoms with Crippen LogP contribution >= 0.6 is 0 Å². The third-order valence-corrected chi connectivity index (χ3v) is 3.19. The van der Waals surface area contributed by atoms with E-state index in [0.717, 1.165) is 58.8 Å². The van der Waals surface area contributed by atoms with Crippen LogP contribution in [0.1, 0.15) is 5.56 Å². The second kappa shape index (κ2) is 14.0. The van der Waals surface area contributed by atoms with Crippen molar-refractivity contribution in [3.05, 3.63) is 35.9 Å². The maximum atomic E-state index is 5.39. The summed E-state index contributed by atoms with van der Waals surface area (Å²) < 4.78 is 0. The summed E-state index contributed by atoms with van der Waals surface area (Å²) >= 11 is 0.